The number of nitrogens with zero attached hydrogens (tertiary/aromatic N) is 1. The van der Waals surface area contributed by atoms with Crippen LogP contribution in [0, 0.1) is 6.92 Å². The average Bonchev–Trinajstić information content (AvgIpc) is 2.69. The Balaban J connectivity index is 2.27. The third kappa shape index (κ3) is 2.29. The van der Waals surface area contributed by atoms with Crippen LogP contribution in [0.4, 0.5) is 0 Å². The van der Waals surface area contributed by atoms with Crippen LogP contribution in [-0.4, -0.2) is 4.57 Å². The highest BCUT2D eigenvalue weighted by molar-refractivity contribution is 6.31. The van der Waals surface area contributed by atoms with Gasteiger partial charge < -0.3 is 10.3 Å². The summed E-state index contributed by atoms with van der Waals surface area (Å²) in [5.74, 6) is 0. The van der Waals surface area contributed by atoms with Gasteiger partial charge in [-0.05, 0) is 36.2 Å². The standard InChI is InChI=1S/C13H15ClN2/c1-10-4-5-11(13(14)7-10)9-16-6-2-3-12(16)8-15/h2-7H,8-9,15H2,1H3. The van der Waals surface area contributed by atoms with E-state index in [1.807, 2.05) is 31.3 Å². The topological polar surface area (TPSA) is 30.9 Å². The average molecular weight is 235 g/mol. The van der Waals surface area contributed by atoms with Crippen molar-refractivity contribution in [2.75, 3.05) is 0 Å². The van der Waals surface area contributed by atoms with Crippen molar-refractivity contribution < 1.29 is 0 Å². The van der Waals surface area contributed by atoms with Crippen molar-refractivity contribution >= 4 is 11.6 Å². The van der Waals surface area contributed by atoms with E-state index in [2.05, 4.69) is 16.7 Å². The molecule has 0 aliphatic heterocycles. The second-order valence-corrected chi connectivity index (χ2v) is 4.33. The van der Waals surface area contributed by atoms with Gasteiger partial charge in [0.2, 0.25) is 0 Å². The SMILES string of the molecule is Cc1ccc(Cn2cccc2CN)c(Cl)c1. The summed E-state index contributed by atoms with van der Waals surface area (Å²) in [6, 6.07) is 10.2. The number of hydrogen-bond donors (Lipinski definition) is 1. The third-order valence-electron chi connectivity index (χ3n) is 2.68. The summed E-state index contributed by atoms with van der Waals surface area (Å²) in [5.41, 5.74) is 9.08. The summed E-state index contributed by atoms with van der Waals surface area (Å²) in [6.45, 7) is 3.37. The van der Waals surface area contributed by atoms with Crippen LogP contribution in [0.1, 0.15) is 16.8 Å². The largest absolute Gasteiger partial charge is 0.346 e. The Morgan fingerprint density at radius 1 is 1.31 bits per heavy atom. The van der Waals surface area contributed by atoms with E-state index in [1.54, 1.807) is 0 Å². The molecule has 0 atom stereocenters. The molecular weight excluding hydrogens is 220 g/mol. The maximum absolute atomic E-state index is 6.20. The lowest BCUT2D eigenvalue weighted by molar-refractivity contribution is 0.744. The zero-order chi connectivity index (χ0) is 11.5. The molecule has 1 aromatic heterocycles. The second-order valence-electron chi connectivity index (χ2n) is 3.93. The fourth-order valence-corrected chi connectivity index (χ4v) is 2.05. The number of benzene rings is 1. The summed E-state index contributed by atoms with van der Waals surface area (Å²) < 4.78 is 2.12. The van der Waals surface area contributed by atoms with E-state index in [-0.39, 0.29) is 0 Å². The Kier molecular flexibility index (Phi) is 3.32. The van der Waals surface area contributed by atoms with Crippen LogP contribution in [0.25, 0.3) is 0 Å². The number of aryl methyl sites for hydroxylation is 1. The maximum Gasteiger partial charge on any atom is 0.0488 e. The van der Waals surface area contributed by atoms with Crippen molar-refractivity contribution in [3.63, 3.8) is 0 Å². The highest BCUT2D eigenvalue weighted by Gasteiger charge is 2.03. The van der Waals surface area contributed by atoms with Gasteiger partial charge in [0, 0.05) is 30.0 Å². The Hall–Kier alpha value is -1.25. The first-order chi connectivity index (χ1) is 7.70. The third-order valence-corrected chi connectivity index (χ3v) is 3.03. The Bertz CT molecular complexity index is 488. The minimum atomic E-state index is 0.552. The molecule has 0 aliphatic carbocycles. The van der Waals surface area contributed by atoms with Crippen LogP contribution in [0.15, 0.2) is 36.5 Å². The van der Waals surface area contributed by atoms with Crippen molar-refractivity contribution in [1.29, 1.82) is 0 Å². The Morgan fingerprint density at radius 2 is 2.12 bits per heavy atom. The first-order valence-electron chi connectivity index (χ1n) is 5.30. The van der Waals surface area contributed by atoms with Gasteiger partial charge in [-0.2, -0.15) is 0 Å². The van der Waals surface area contributed by atoms with Crippen LogP contribution < -0.4 is 5.73 Å². The summed E-state index contributed by atoms with van der Waals surface area (Å²) >= 11 is 6.20. The zero-order valence-corrected chi connectivity index (χ0v) is 10.0. The lowest BCUT2D eigenvalue weighted by Crippen LogP contribution is -2.07. The molecule has 0 bridgehead atoms. The highest BCUT2D eigenvalue weighted by Crippen LogP contribution is 2.19. The molecule has 1 aromatic carbocycles. The van der Waals surface area contributed by atoms with Crippen LogP contribution in [0.2, 0.25) is 5.02 Å². The maximum atomic E-state index is 6.20. The highest BCUT2D eigenvalue weighted by atomic mass is 35.5. The van der Waals surface area contributed by atoms with Crippen molar-refractivity contribution in [2.24, 2.45) is 5.73 Å². The minimum absolute atomic E-state index is 0.552. The van der Waals surface area contributed by atoms with Crippen molar-refractivity contribution in [2.45, 2.75) is 20.0 Å². The van der Waals surface area contributed by atoms with Crippen LogP contribution in [0.3, 0.4) is 0 Å². The molecule has 0 saturated heterocycles. The van der Waals surface area contributed by atoms with E-state index in [4.69, 9.17) is 17.3 Å². The molecule has 3 heteroatoms. The van der Waals surface area contributed by atoms with Crippen LogP contribution in [0.5, 0.6) is 0 Å². The van der Waals surface area contributed by atoms with E-state index in [9.17, 15) is 0 Å². The molecule has 2 nitrogen and oxygen atoms in total. The number of hydrogen-bond acceptors (Lipinski definition) is 1. The predicted octanol–water partition coefficient (Wildman–Crippen LogP) is 2.96. The lowest BCUT2D eigenvalue weighted by Gasteiger charge is -2.09. The minimum Gasteiger partial charge on any atom is -0.346 e. The van der Waals surface area contributed by atoms with Gasteiger partial charge in [0.15, 0.2) is 0 Å². The van der Waals surface area contributed by atoms with Crippen LogP contribution in [-0.2, 0) is 13.1 Å². The van der Waals surface area contributed by atoms with Crippen molar-refractivity contribution in [1.82, 2.24) is 4.57 Å². The molecule has 2 rings (SSSR count). The van der Waals surface area contributed by atoms with E-state index in [1.165, 1.54) is 5.56 Å². The van der Waals surface area contributed by atoms with Crippen molar-refractivity contribution in [3.05, 3.63) is 58.4 Å². The summed E-state index contributed by atoms with van der Waals surface area (Å²) in [7, 11) is 0. The van der Waals surface area contributed by atoms with E-state index in [0.717, 1.165) is 22.8 Å². The molecule has 1 heterocycles. The molecule has 0 unspecified atom stereocenters. The molecule has 0 spiro atoms. The normalized spacial score (nSPS) is 10.7. The number of aromatic nitrogens is 1. The zero-order valence-electron chi connectivity index (χ0n) is 9.28. The van der Waals surface area contributed by atoms with Gasteiger partial charge in [0.25, 0.3) is 0 Å². The summed E-state index contributed by atoms with van der Waals surface area (Å²) in [5, 5.41) is 0.816. The number of rotatable bonds is 3. The monoisotopic (exact) mass is 234 g/mol. The molecule has 0 amide bonds. The van der Waals surface area contributed by atoms with Gasteiger partial charge in [0.05, 0.1) is 0 Å². The first-order valence-corrected chi connectivity index (χ1v) is 5.67. The fourth-order valence-electron chi connectivity index (χ4n) is 1.75. The molecule has 84 valence electrons. The van der Waals surface area contributed by atoms with E-state index in [0.29, 0.717) is 6.54 Å². The van der Waals surface area contributed by atoms with E-state index < -0.39 is 0 Å². The Labute approximate surface area is 101 Å². The van der Waals surface area contributed by atoms with Gasteiger partial charge in [-0.1, -0.05) is 23.7 Å². The van der Waals surface area contributed by atoms with Gasteiger partial charge in [0.1, 0.15) is 0 Å². The number of halogens is 1. The summed E-state index contributed by atoms with van der Waals surface area (Å²) in [6.07, 6.45) is 2.03. The second kappa shape index (κ2) is 4.73. The predicted molar refractivity (Wildman–Crippen MR) is 67.6 cm³/mol. The fraction of sp³-hybridized carbons (Fsp3) is 0.231. The molecule has 16 heavy (non-hydrogen) atoms. The molecule has 0 aliphatic rings. The summed E-state index contributed by atoms with van der Waals surface area (Å²) in [4.78, 5) is 0. The quantitative estimate of drug-likeness (QED) is 0.870. The molecule has 0 radical (unpaired) electrons. The van der Waals surface area contributed by atoms with Crippen LogP contribution >= 0.6 is 11.6 Å². The van der Waals surface area contributed by atoms with E-state index >= 15 is 0 Å². The van der Waals surface area contributed by atoms with Crippen molar-refractivity contribution in [3.8, 4) is 0 Å². The molecule has 2 aromatic rings. The smallest absolute Gasteiger partial charge is 0.0488 e. The number of nitrogens with two attached hydrogens (primary N) is 1. The molecule has 0 fully saturated rings. The van der Waals surface area contributed by atoms with Gasteiger partial charge >= 0.3 is 0 Å². The molecule has 0 saturated carbocycles. The Morgan fingerprint density at radius 3 is 2.81 bits per heavy atom. The van der Waals surface area contributed by atoms with Gasteiger partial charge in [-0.25, -0.2) is 0 Å². The first kappa shape index (κ1) is 11.2. The van der Waals surface area contributed by atoms with Gasteiger partial charge in [-0.3, -0.25) is 0 Å². The molecule has 2 N–H and O–H groups in total. The lowest BCUT2D eigenvalue weighted by atomic mass is 10.1. The molecular formula is C13H15ClN2. The van der Waals surface area contributed by atoms with Gasteiger partial charge in [-0.15, -0.1) is 0 Å².